The first kappa shape index (κ1) is 15.2. The molecule has 0 spiro atoms. The molecule has 0 radical (unpaired) electrons. The highest BCUT2D eigenvalue weighted by atomic mass is 32.2. The Labute approximate surface area is 123 Å². The van der Waals surface area contributed by atoms with Gasteiger partial charge in [0.05, 0.1) is 10.4 Å². The van der Waals surface area contributed by atoms with Crippen molar-refractivity contribution in [2.75, 3.05) is 12.8 Å². The van der Waals surface area contributed by atoms with Gasteiger partial charge in [-0.2, -0.15) is 0 Å². The summed E-state index contributed by atoms with van der Waals surface area (Å²) in [5.74, 6) is 0. The lowest BCUT2D eigenvalue weighted by Gasteiger charge is -2.17. The zero-order valence-corrected chi connectivity index (χ0v) is 13.2. The molecule has 1 aromatic carbocycles. The Kier molecular flexibility index (Phi) is 4.91. The molecule has 0 aliphatic heterocycles. The Hall–Kier alpha value is -1.24. The summed E-state index contributed by atoms with van der Waals surface area (Å²) in [5.41, 5.74) is 2.91. The van der Waals surface area contributed by atoms with Gasteiger partial charge >= 0.3 is 0 Å². The summed E-state index contributed by atoms with van der Waals surface area (Å²) < 4.78 is 22.9. The third kappa shape index (κ3) is 3.88. The molecule has 0 bridgehead atoms. The van der Waals surface area contributed by atoms with Gasteiger partial charge < -0.3 is 5.32 Å². The van der Waals surface area contributed by atoms with Crippen LogP contribution in [0.1, 0.15) is 23.4 Å². The highest BCUT2D eigenvalue weighted by Crippen LogP contribution is 2.22. The van der Waals surface area contributed by atoms with Gasteiger partial charge in [-0.05, 0) is 24.2 Å². The molecule has 2 aromatic rings. The summed E-state index contributed by atoms with van der Waals surface area (Å²) in [4.78, 5) is 5.65. The third-order valence-electron chi connectivity index (χ3n) is 3.05. The Morgan fingerprint density at radius 1 is 1.30 bits per heavy atom. The molecule has 1 heterocycles. The number of benzene rings is 1. The number of aromatic nitrogens is 1. The van der Waals surface area contributed by atoms with Crippen molar-refractivity contribution in [3.8, 4) is 0 Å². The molecule has 1 unspecified atom stereocenters. The predicted octanol–water partition coefficient (Wildman–Crippen LogP) is 2.44. The number of rotatable bonds is 6. The maximum Gasteiger partial charge on any atom is 0.175 e. The molecular formula is C14H18N2O2S2. The molecule has 2 rings (SSSR count). The molecule has 4 nitrogen and oxygen atoms in total. The standard InChI is InChI=1S/C14H18N2O2S2/c1-3-16-14(8-12-9-15-10-19-12)11-4-6-13(7-5-11)20(2,17)18/h4-7,9-10,14,16H,3,8H2,1-2H3. The zero-order valence-electron chi connectivity index (χ0n) is 11.5. The molecule has 1 N–H and O–H groups in total. The molecule has 0 aliphatic rings. The smallest absolute Gasteiger partial charge is 0.175 e. The fourth-order valence-electron chi connectivity index (χ4n) is 2.05. The van der Waals surface area contributed by atoms with E-state index >= 15 is 0 Å². The minimum Gasteiger partial charge on any atom is -0.310 e. The van der Waals surface area contributed by atoms with Crippen molar-refractivity contribution in [1.29, 1.82) is 0 Å². The van der Waals surface area contributed by atoms with E-state index in [2.05, 4.69) is 17.2 Å². The van der Waals surface area contributed by atoms with Crippen LogP contribution < -0.4 is 5.32 Å². The van der Waals surface area contributed by atoms with Gasteiger partial charge in [-0.3, -0.25) is 4.98 Å². The Morgan fingerprint density at radius 3 is 2.50 bits per heavy atom. The van der Waals surface area contributed by atoms with Crippen LogP contribution in [0.2, 0.25) is 0 Å². The molecular weight excluding hydrogens is 292 g/mol. The first-order valence-corrected chi connectivity index (χ1v) is 9.18. The number of thiazole rings is 1. The van der Waals surface area contributed by atoms with Crippen molar-refractivity contribution < 1.29 is 8.42 Å². The molecule has 0 saturated carbocycles. The summed E-state index contributed by atoms with van der Waals surface area (Å²) in [6, 6.07) is 7.27. The first-order chi connectivity index (χ1) is 9.50. The van der Waals surface area contributed by atoms with E-state index in [9.17, 15) is 8.42 Å². The van der Waals surface area contributed by atoms with Crippen LogP contribution in [0.15, 0.2) is 40.9 Å². The zero-order chi connectivity index (χ0) is 14.6. The second-order valence-electron chi connectivity index (χ2n) is 4.62. The first-order valence-electron chi connectivity index (χ1n) is 6.41. The third-order valence-corrected chi connectivity index (χ3v) is 4.98. The van der Waals surface area contributed by atoms with Gasteiger partial charge in [0.2, 0.25) is 0 Å². The van der Waals surface area contributed by atoms with E-state index in [1.165, 1.54) is 11.1 Å². The molecule has 1 atom stereocenters. The van der Waals surface area contributed by atoms with Crippen molar-refractivity contribution in [2.45, 2.75) is 24.3 Å². The Morgan fingerprint density at radius 2 is 2.00 bits per heavy atom. The van der Waals surface area contributed by atoms with Crippen LogP contribution in [0, 0.1) is 0 Å². The Balaban J connectivity index is 2.21. The van der Waals surface area contributed by atoms with Crippen molar-refractivity contribution >= 4 is 21.2 Å². The van der Waals surface area contributed by atoms with Gasteiger partial charge in [-0.25, -0.2) is 8.42 Å². The molecule has 1 aromatic heterocycles. The lowest BCUT2D eigenvalue weighted by atomic mass is 10.0. The number of likely N-dealkylation sites (N-methyl/N-ethyl adjacent to an activating group) is 1. The van der Waals surface area contributed by atoms with E-state index < -0.39 is 9.84 Å². The largest absolute Gasteiger partial charge is 0.310 e. The number of sulfone groups is 1. The molecule has 20 heavy (non-hydrogen) atoms. The topological polar surface area (TPSA) is 59.1 Å². The fraction of sp³-hybridized carbons (Fsp3) is 0.357. The highest BCUT2D eigenvalue weighted by molar-refractivity contribution is 7.90. The van der Waals surface area contributed by atoms with Crippen molar-refractivity contribution in [3.63, 3.8) is 0 Å². The minimum atomic E-state index is -3.14. The summed E-state index contributed by atoms with van der Waals surface area (Å²) >= 11 is 1.63. The van der Waals surface area contributed by atoms with Gasteiger partial charge in [-0.15, -0.1) is 11.3 Å². The van der Waals surface area contributed by atoms with E-state index in [-0.39, 0.29) is 6.04 Å². The van der Waals surface area contributed by atoms with Crippen LogP contribution >= 0.6 is 11.3 Å². The van der Waals surface area contributed by atoms with E-state index in [1.807, 2.05) is 23.8 Å². The highest BCUT2D eigenvalue weighted by Gasteiger charge is 2.13. The average molecular weight is 310 g/mol. The lowest BCUT2D eigenvalue weighted by Crippen LogP contribution is -2.22. The maximum absolute atomic E-state index is 11.5. The van der Waals surface area contributed by atoms with Crippen molar-refractivity contribution in [1.82, 2.24) is 10.3 Å². The minimum absolute atomic E-state index is 0.175. The van der Waals surface area contributed by atoms with Gasteiger partial charge in [-0.1, -0.05) is 19.1 Å². The molecule has 0 saturated heterocycles. The Bertz CT molecular complexity index is 634. The molecule has 6 heteroatoms. The van der Waals surface area contributed by atoms with E-state index in [4.69, 9.17) is 0 Å². The lowest BCUT2D eigenvalue weighted by molar-refractivity contribution is 0.552. The summed E-state index contributed by atoms with van der Waals surface area (Å²) in [7, 11) is -3.14. The quantitative estimate of drug-likeness (QED) is 0.890. The monoisotopic (exact) mass is 310 g/mol. The van der Waals surface area contributed by atoms with Crippen LogP contribution in [0.3, 0.4) is 0 Å². The molecule has 108 valence electrons. The summed E-state index contributed by atoms with van der Waals surface area (Å²) in [6.45, 7) is 2.92. The van der Waals surface area contributed by atoms with Crippen LogP contribution in [0.4, 0.5) is 0 Å². The molecule has 0 fully saturated rings. The van der Waals surface area contributed by atoms with E-state index in [1.54, 1.807) is 23.5 Å². The molecule has 0 amide bonds. The molecule has 0 aliphatic carbocycles. The number of nitrogens with zero attached hydrogens (tertiary/aromatic N) is 1. The summed E-state index contributed by atoms with van der Waals surface area (Å²) in [6.07, 6.45) is 3.96. The summed E-state index contributed by atoms with van der Waals surface area (Å²) in [5, 5.41) is 3.42. The normalized spacial score (nSPS) is 13.3. The van der Waals surface area contributed by atoms with Crippen LogP contribution in [0.5, 0.6) is 0 Å². The van der Waals surface area contributed by atoms with Gasteiger partial charge in [0.1, 0.15) is 0 Å². The SMILES string of the molecule is CCNC(Cc1cncs1)c1ccc(S(C)(=O)=O)cc1. The van der Waals surface area contributed by atoms with Crippen molar-refractivity contribution in [2.24, 2.45) is 0 Å². The van der Waals surface area contributed by atoms with E-state index in [0.29, 0.717) is 4.90 Å². The van der Waals surface area contributed by atoms with Gasteiger partial charge in [0.15, 0.2) is 9.84 Å². The predicted molar refractivity (Wildman–Crippen MR) is 81.8 cm³/mol. The average Bonchev–Trinajstić information content (AvgIpc) is 2.90. The van der Waals surface area contributed by atoms with Crippen LogP contribution in [-0.2, 0) is 16.3 Å². The number of hydrogen-bond donors (Lipinski definition) is 1. The van der Waals surface area contributed by atoms with Crippen molar-refractivity contribution in [3.05, 3.63) is 46.4 Å². The van der Waals surface area contributed by atoms with E-state index in [0.717, 1.165) is 18.5 Å². The van der Waals surface area contributed by atoms with Gasteiger partial charge in [0.25, 0.3) is 0 Å². The fourth-order valence-corrected chi connectivity index (χ4v) is 3.32. The van der Waals surface area contributed by atoms with Gasteiger partial charge in [0, 0.05) is 29.8 Å². The van der Waals surface area contributed by atoms with Crippen LogP contribution in [0.25, 0.3) is 0 Å². The van der Waals surface area contributed by atoms with Crippen LogP contribution in [-0.4, -0.2) is 26.2 Å². The second-order valence-corrected chi connectivity index (χ2v) is 7.61. The number of nitrogens with one attached hydrogen (secondary N) is 1. The number of hydrogen-bond acceptors (Lipinski definition) is 5. The second kappa shape index (κ2) is 6.47. The maximum atomic E-state index is 11.5.